The quantitative estimate of drug-likeness (QED) is 0.764. The van der Waals surface area contributed by atoms with Crippen LogP contribution in [-0.2, 0) is 6.42 Å². The second-order valence-corrected chi connectivity index (χ2v) is 3.60. The van der Waals surface area contributed by atoms with Crippen molar-refractivity contribution < 1.29 is 5.11 Å². The Kier molecular flexibility index (Phi) is 2.51. The van der Waals surface area contributed by atoms with Crippen molar-refractivity contribution in [3.8, 4) is 0 Å². The minimum atomic E-state index is 0.220. The van der Waals surface area contributed by atoms with Crippen molar-refractivity contribution in [3.05, 3.63) is 47.5 Å². The Morgan fingerprint density at radius 2 is 2.00 bits per heavy atom. The predicted octanol–water partition coefficient (Wildman–Crippen LogP) is 2.68. The standard InChI is InChI=1S/C13H14O/c1-10-3-2-4-12-9-11(7-8-14)5-6-13(10)12/h2-6,9,14H,7-8H2,1H3. The topological polar surface area (TPSA) is 20.2 Å². The van der Waals surface area contributed by atoms with Crippen LogP contribution < -0.4 is 0 Å². The lowest BCUT2D eigenvalue weighted by Crippen LogP contribution is -1.90. The van der Waals surface area contributed by atoms with Crippen LogP contribution in [0.15, 0.2) is 36.4 Å². The summed E-state index contributed by atoms with van der Waals surface area (Å²) in [5.41, 5.74) is 2.50. The zero-order chi connectivity index (χ0) is 9.97. The van der Waals surface area contributed by atoms with Crippen molar-refractivity contribution in [2.24, 2.45) is 0 Å². The molecule has 0 atom stereocenters. The van der Waals surface area contributed by atoms with Crippen LogP contribution in [0.5, 0.6) is 0 Å². The predicted molar refractivity (Wildman–Crippen MR) is 59.5 cm³/mol. The molecule has 0 radical (unpaired) electrons. The van der Waals surface area contributed by atoms with E-state index in [1.807, 2.05) is 0 Å². The molecule has 0 amide bonds. The van der Waals surface area contributed by atoms with Crippen LogP contribution in [-0.4, -0.2) is 11.7 Å². The highest BCUT2D eigenvalue weighted by Gasteiger charge is 1.97. The van der Waals surface area contributed by atoms with E-state index in [0.717, 1.165) is 6.42 Å². The Bertz CT molecular complexity index is 446. The summed E-state index contributed by atoms with van der Waals surface area (Å²) in [6, 6.07) is 12.7. The van der Waals surface area contributed by atoms with Gasteiger partial charge in [-0.25, -0.2) is 0 Å². The number of benzene rings is 2. The highest BCUT2D eigenvalue weighted by Crippen LogP contribution is 2.19. The van der Waals surface area contributed by atoms with Gasteiger partial charge in [-0.15, -0.1) is 0 Å². The van der Waals surface area contributed by atoms with Gasteiger partial charge >= 0.3 is 0 Å². The lowest BCUT2D eigenvalue weighted by molar-refractivity contribution is 0.299. The molecule has 0 fully saturated rings. The van der Waals surface area contributed by atoms with Gasteiger partial charge in [-0.2, -0.15) is 0 Å². The van der Waals surface area contributed by atoms with Crippen molar-refractivity contribution in [1.82, 2.24) is 0 Å². The highest BCUT2D eigenvalue weighted by molar-refractivity contribution is 5.86. The molecule has 2 rings (SSSR count). The van der Waals surface area contributed by atoms with E-state index in [0.29, 0.717) is 0 Å². The lowest BCUT2D eigenvalue weighted by Gasteiger charge is -2.04. The molecule has 0 bridgehead atoms. The minimum absolute atomic E-state index is 0.220. The van der Waals surface area contributed by atoms with E-state index in [4.69, 9.17) is 5.11 Å². The van der Waals surface area contributed by atoms with E-state index in [1.165, 1.54) is 21.9 Å². The molecule has 2 aromatic carbocycles. The van der Waals surface area contributed by atoms with Gasteiger partial charge in [0.15, 0.2) is 0 Å². The number of hydrogen-bond donors (Lipinski definition) is 1. The van der Waals surface area contributed by atoms with Crippen molar-refractivity contribution >= 4 is 10.8 Å². The first-order chi connectivity index (χ1) is 6.81. The average molecular weight is 186 g/mol. The molecule has 0 heterocycles. The molecular weight excluding hydrogens is 172 g/mol. The zero-order valence-corrected chi connectivity index (χ0v) is 8.33. The van der Waals surface area contributed by atoms with E-state index in [2.05, 4.69) is 43.3 Å². The van der Waals surface area contributed by atoms with Gasteiger partial charge in [0, 0.05) is 6.61 Å². The number of fused-ring (bicyclic) bond motifs is 1. The Labute approximate surface area is 84.0 Å². The van der Waals surface area contributed by atoms with Gasteiger partial charge in [0.05, 0.1) is 0 Å². The van der Waals surface area contributed by atoms with Crippen molar-refractivity contribution in [1.29, 1.82) is 0 Å². The molecule has 14 heavy (non-hydrogen) atoms. The molecule has 0 saturated heterocycles. The first-order valence-corrected chi connectivity index (χ1v) is 4.90. The molecule has 2 aromatic rings. The first-order valence-electron chi connectivity index (χ1n) is 4.90. The fourth-order valence-corrected chi connectivity index (χ4v) is 1.78. The van der Waals surface area contributed by atoms with Crippen LogP contribution in [0.3, 0.4) is 0 Å². The van der Waals surface area contributed by atoms with Crippen molar-refractivity contribution in [3.63, 3.8) is 0 Å². The van der Waals surface area contributed by atoms with Gasteiger partial charge < -0.3 is 5.11 Å². The summed E-state index contributed by atoms with van der Waals surface area (Å²) in [6.07, 6.45) is 0.740. The molecular formula is C13H14O. The number of aliphatic hydroxyl groups is 1. The first kappa shape index (κ1) is 9.22. The van der Waals surface area contributed by atoms with E-state index in [9.17, 15) is 0 Å². The molecule has 0 spiro atoms. The SMILES string of the molecule is Cc1cccc2cc(CCO)ccc12. The van der Waals surface area contributed by atoms with Crippen LogP contribution in [0.4, 0.5) is 0 Å². The summed E-state index contributed by atoms with van der Waals surface area (Å²) in [5, 5.41) is 11.4. The molecule has 0 aliphatic carbocycles. The van der Waals surface area contributed by atoms with E-state index < -0.39 is 0 Å². The summed E-state index contributed by atoms with van der Waals surface area (Å²) in [4.78, 5) is 0. The number of rotatable bonds is 2. The van der Waals surface area contributed by atoms with Crippen LogP contribution >= 0.6 is 0 Å². The second-order valence-electron chi connectivity index (χ2n) is 3.60. The summed E-state index contributed by atoms with van der Waals surface area (Å²) >= 11 is 0. The second kappa shape index (κ2) is 3.81. The lowest BCUT2D eigenvalue weighted by atomic mass is 10.0. The van der Waals surface area contributed by atoms with Crippen molar-refractivity contribution in [2.75, 3.05) is 6.61 Å². The Balaban J connectivity index is 2.56. The molecule has 1 heteroatoms. The third-order valence-corrected chi connectivity index (χ3v) is 2.56. The van der Waals surface area contributed by atoms with Crippen LogP contribution in [0, 0.1) is 6.92 Å². The van der Waals surface area contributed by atoms with Crippen LogP contribution in [0.25, 0.3) is 10.8 Å². The molecule has 72 valence electrons. The molecule has 1 N–H and O–H groups in total. The largest absolute Gasteiger partial charge is 0.396 e. The van der Waals surface area contributed by atoms with Gasteiger partial charge in [-0.1, -0.05) is 36.4 Å². The van der Waals surface area contributed by atoms with E-state index in [-0.39, 0.29) is 6.61 Å². The normalized spacial score (nSPS) is 10.7. The van der Waals surface area contributed by atoms with Gasteiger partial charge in [-0.05, 0) is 35.2 Å². The summed E-state index contributed by atoms with van der Waals surface area (Å²) in [5.74, 6) is 0. The summed E-state index contributed by atoms with van der Waals surface area (Å²) in [7, 11) is 0. The maximum Gasteiger partial charge on any atom is 0.0471 e. The van der Waals surface area contributed by atoms with Gasteiger partial charge in [0.25, 0.3) is 0 Å². The minimum Gasteiger partial charge on any atom is -0.396 e. The monoisotopic (exact) mass is 186 g/mol. The Hall–Kier alpha value is -1.34. The zero-order valence-electron chi connectivity index (χ0n) is 8.33. The number of aryl methyl sites for hydroxylation is 1. The van der Waals surface area contributed by atoms with Crippen LogP contribution in [0.2, 0.25) is 0 Å². The van der Waals surface area contributed by atoms with E-state index in [1.54, 1.807) is 0 Å². The van der Waals surface area contributed by atoms with Gasteiger partial charge in [0.2, 0.25) is 0 Å². The Morgan fingerprint density at radius 3 is 2.79 bits per heavy atom. The number of aliphatic hydroxyl groups excluding tert-OH is 1. The van der Waals surface area contributed by atoms with Gasteiger partial charge in [0.1, 0.15) is 0 Å². The molecule has 0 aliphatic heterocycles. The molecule has 0 saturated carbocycles. The van der Waals surface area contributed by atoms with E-state index >= 15 is 0 Å². The molecule has 1 nitrogen and oxygen atoms in total. The highest BCUT2D eigenvalue weighted by atomic mass is 16.2. The molecule has 0 unspecified atom stereocenters. The smallest absolute Gasteiger partial charge is 0.0471 e. The summed E-state index contributed by atoms with van der Waals surface area (Å²) in [6.45, 7) is 2.34. The third kappa shape index (κ3) is 1.64. The van der Waals surface area contributed by atoms with Gasteiger partial charge in [-0.3, -0.25) is 0 Å². The fraction of sp³-hybridized carbons (Fsp3) is 0.231. The van der Waals surface area contributed by atoms with Crippen molar-refractivity contribution in [2.45, 2.75) is 13.3 Å². The molecule has 0 aromatic heterocycles. The maximum atomic E-state index is 8.85. The molecule has 0 aliphatic rings. The average Bonchev–Trinajstić information content (AvgIpc) is 2.18. The summed E-state index contributed by atoms with van der Waals surface area (Å²) < 4.78 is 0. The Morgan fingerprint density at radius 1 is 1.14 bits per heavy atom. The fourth-order valence-electron chi connectivity index (χ4n) is 1.78. The number of hydrogen-bond acceptors (Lipinski definition) is 1. The van der Waals surface area contributed by atoms with Crippen LogP contribution in [0.1, 0.15) is 11.1 Å². The maximum absolute atomic E-state index is 8.85. The third-order valence-electron chi connectivity index (χ3n) is 2.56.